The molecule has 1 aromatic rings. The zero-order valence-corrected chi connectivity index (χ0v) is 12.0. The smallest absolute Gasteiger partial charge is 0.186 e. The Hall–Kier alpha value is -0.940. The zero-order valence-electron chi connectivity index (χ0n) is 11.2. The van der Waals surface area contributed by atoms with Gasteiger partial charge in [-0.05, 0) is 25.7 Å². The highest BCUT2D eigenvalue weighted by molar-refractivity contribution is 7.13. The average molecular weight is 268 g/mol. The quantitative estimate of drug-likeness (QED) is 0.713. The van der Waals surface area contributed by atoms with E-state index in [1.807, 2.05) is 5.38 Å². The van der Waals surface area contributed by atoms with E-state index in [0.29, 0.717) is 18.3 Å². The van der Waals surface area contributed by atoms with Gasteiger partial charge in [0.05, 0.1) is 6.61 Å². The summed E-state index contributed by atoms with van der Waals surface area (Å²) < 4.78 is 5.17. The van der Waals surface area contributed by atoms with Crippen LogP contribution in [0.2, 0.25) is 0 Å². The maximum atomic E-state index is 11.3. The van der Waals surface area contributed by atoms with Crippen LogP contribution in [0.5, 0.6) is 0 Å². The standard InChI is InChI=1S/C13H20N2O2S/c1-9(11-4-5-11)15(6-7-17-3)13-14-12(8-18-13)10(2)16/h8-9,11H,4-7H2,1-3H3. The maximum Gasteiger partial charge on any atom is 0.186 e. The number of carbonyl (C=O) groups is 1. The second-order valence-corrected chi connectivity index (χ2v) is 5.67. The van der Waals surface area contributed by atoms with Gasteiger partial charge in [-0.25, -0.2) is 4.98 Å². The van der Waals surface area contributed by atoms with Crippen LogP contribution in [0.3, 0.4) is 0 Å². The molecule has 1 aromatic heterocycles. The highest BCUT2D eigenvalue weighted by Crippen LogP contribution is 2.37. The van der Waals surface area contributed by atoms with Crippen LogP contribution in [0, 0.1) is 5.92 Å². The van der Waals surface area contributed by atoms with Crippen LogP contribution in [-0.2, 0) is 4.74 Å². The van der Waals surface area contributed by atoms with Crippen LogP contribution in [0.4, 0.5) is 5.13 Å². The van der Waals surface area contributed by atoms with Crippen molar-refractivity contribution in [1.82, 2.24) is 4.98 Å². The Balaban J connectivity index is 2.12. The Morgan fingerprint density at radius 1 is 1.67 bits per heavy atom. The SMILES string of the molecule is COCCN(c1nc(C(C)=O)cs1)C(C)C1CC1. The minimum absolute atomic E-state index is 0.0308. The molecule has 0 aliphatic heterocycles. The summed E-state index contributed by atoms with van der Waals surface area (Å²) in [6, 6.07) is 0.478. The molecule has 1 atom stereocenters. The lowest BCUT2D eigenvalue weighted by Crippen LogP contribution is -2.37. The molecule has 1 unspecified atom stereocenters. The Morgan fingerprint density at radius 2 is 2.39 bits per heavy atom. The number of ether oxygens (including phenoxy) is 1. The first-order valence-electron chi connectivity index (χ1n) is 6.35. The van der Waals surface area contributed by atoms with Crippen molar-refractivity contribution in [3.8, 4) is 0 Å². The Morgan fingerprint density at radius 3 is 2.89 bits per heavy atom. The third kappa shape index (κ3) is 3.09. The highest BCUT2D eigenvalue weighted by atomic mass is 32.1. The number of ketones is 1. The molecule has 5 heteroatoms. The summed E-state index contributed by atoms with van der Waals surface area (Å²) >= 11 is 1.55. The first kappa shape index (κ1) is 13.5. The van der Waals surface area contributed by atoms with Gasteiger partial charge in [0.2, 0.25) is 0 Å². The molecule has 0 bridgehead atoms. The van der Waals surface area contributed by atoms with E-state index in [1.165, 1.54) is 12.8 Å². The van der Waals surface area contributed by atoms with Gasteiger partial charge in [0.15, 0.2) is 10.9 Å². The molecule has 18 heavy (non-hydrogen) atoms. The van der Waals surface area contributed by atoms with Gasteiger partial charge in [0.1, 0.15) is 5.69 Å². The van der Waals surface area contributed by atoms with Crippen molar-refractivity contribution in [1.29, 1.82) is 0 Å². The van der Waals surface area contributed by atoms with Gasteiger partial charge >= 0.3 is 0 Å². The number of hydrogen-bond acceptors (Lipinski definition) is 5. The third-order valence-electron chi connectivity index (χ3n) is 3.43. The van der Waals surface area contributed by atoms with Crippen LogP contribution in [0.25, 0.3) is 0 Å². The number of rotatable bonds is 7. The van der Waals surface area contributed by atoms with E-state index in [2.05, 4.69) is 16.8 Å². The minimum Gasteiger partial charge on any atom is -0.383 e. The van der Waals surface area contributed by atoms with E-state index in [1.54, 1.807) is 25.4 Å². The van der Waals surface area contributed by atoms with Gasteiger partial charge in [-0.1, -0.05) is 0 Å². The second kappa shape index (κ2) is 5.80. The van der Waals surface area contributed by atoms with Crippen LogP contribution in [0.1, 0.15) is 37.2 Å². The van der Waals surface area contributed by atoms with Crippen LogP contribution in [0.15, 0.2) is 5.38 Å². The molecule has 1 saturated carbocycles. The maximum absolute atomic E-state index is 11.3. The summed E-state index contributed by atoms with van der Waals surface area (Å²) in [6.45, 7) is 5.32. The number of aromatic nitrogens is 1. The molecule has 0 radical (unpaired) electrons. The van der Waals surface area contributed by atoms with Crippen molar-refractivity contribution in [2.24, 2.45) is 5.92 Å². The van der Waals surface area contributed by atoms with Crippen LogP contribution >= 0.6 is 11.3 Å². The lowest BCUT2D eigenvalue weighted by Gasteiger charge is -2.28. The first-order chi connectivity index (χ1) is 8.63. The lowest BCUT2D eigenvalue weighted by atomic mass is 10.2. The molecule has 0 N–H and O–H groups in total. The van der Waals surface area contributed by atoms with E-state index in [-0.39, 0.29) is 5.78 Å². The van der Waals surface area contributed by atoms with Crippen LogP contribution in [-0.4, -0.2) is 37.1 Å². The monoisotopic (exact) mass is 268 g/mol. The van der Waals surface area contributed by atoms with Gasteiger partial charge in [-0.2, -0.15) is 0 Å². The van der Waals surface area contributed by atoms with Crippen molar-refractivity contribution < 1.29 is 9.53 Å². The number of hydrogen-bond donors (Lipinski definition) is 0. The molecular formula is C13H20N2O2S. The van der Waals surface area contributed by atoms with Gasteiger partial charge < -0.3 is 9.64 Å². The molecule has 4 nitrogen and oxygen atoms in total. The molecule has 0 aromatic carbocycles. The summed E-state index contributed by atoms with van der Waals surface area (Å²) in [5, 5.41) is 2.79. The van der Waals surface area contributed by atoms with Gasteiger partial charge in [-0.3, -0.25) is 4.79 Å². The second-order valence-electron chi connectivity index (χ2n) is 4.84. The van der Waals surface area contributed by atoms with E-state index in [4.69, 9.17) is 4.74 Å². The van der Waals surface area contributed by atoms with E-state index in [0.717, 1.165) is 17.6 Å². The fraction of sp³-hybridized carbons (Fsp3) is 0.692. The number of carbonyl (C=O) groups excluding carboxylic acids is 1. The highest BCUT2D eigenvalue weighted by Gasteiger charge is 2.33. The van der Waals surface area contributed by atoms with Gasteiger partial charge in [0, 0.05) is 32.0 Å². The molecule has 2 rings (SSSR count). The van der Waals surface area contributed by atoms with Crippen molar-refractivity contribution in [2.45, 2.75) is 32.7 Å². The molecule has 1 aliphatic carbocycles. The largest absolute Gasteiger partial charge is 0.383 e. The summed E-state index contributed by atoms with van der Waals surface area (Å²) in [7, 11) is 1.71. The normalized spacial score (nSPS) is 16.6. The summed E-state index contributed by atoms with van der Waals surface area (Å²) in [6.07, 6.45) is 2.60. The fourth-order valence-electron chi connectivity index (χ4n) is 2.05. The average Bonchev–Trinajstić information content (AvgIpc) is 3.08. The Bertz CT molecular complexity index is 415. The minimum atomic E-state index is 0.0308. The number of nitrogens with zero attached hydrogens (tertiary/aromatic N) is 2. The number of anilines is 1. The molecule has 1 heterocycles. The molecule has 0 saturated heterocycles. The third-order valence-corrected chi connectivity index (χ3v) is 4.31. The van der Waals surface area contributed by atoms with Crippen molar-refractivity contribution in [3.63, 3.8) is 0 Å². The zero-order chi connectivity index (χ0) is 13.1. The van der Waals surface area contributed by atoms with E-state index < -0.39 is 0 Å². The van der Waals surface area contributed by atoms with Crippen molar-refractivity contribution in [2.75, 3.05) is 25.2 Å². The topological polar surface area (TPSA) is 42.4 Å². The molecule has 1 aliphatic rings. The summed E-state index contributed by atoms with van der Waals surface area (Å²) in [5.74, 6) is 0.801. The number of thiazole rings is 1. The Kier molecular flexibility index (Phi) is 4.35. The molecule has 0 amide bonds. The molecular weight excluding hydrogens is 248 g/mol. The molecule has 100 valence electrons. The van der Waals surface area contributed by atoms with Crippen molar-refractivity contribution >= 4 is 22.3 Å². The number of methoxy groups -OCH3 is 1. The van der Waals surface area contributed by atoms with Gasteiger partial charge in [0.25, 0.3) is 0 Å². The molecule has 1 fully saturated rings. The van der Waals surface area contributed by atoms with Gasteiger partial charge in [-0.15, -0.1) is 11.3 Å². The van der Waals surface area contributed by atoms with E-state index in [9.17, 15) is 4.79 Å². The predicted octanol–water partition coefficient (Wildman–Crippen LogP) is 2.60. The Labute approximate surface area is 112 Å². The van der Waals surface area contributed by atoms with Crippen molar-refractivity contribution in [3.05, 3.63) is 11.1 Å². The predicted molar refractivity (Wildman–Crippen MR) is 73.5 cm³/mol. The fourth-order valence-corrected chi connectivity index (χ4v) is 3.03. The first-order valence-corrected chi connectivity index (χ1v) is 7.23. The summed E-state index contributed by atoms with van der Waals surface area (Å²) in [5.41, 5.74) is 0.570. The van der Waals surface area contributed by atoms with E-state index >= 15 is 0 Å². The number of Topliss-reactive ketones (excluding diaryl/α,β-unsaturated/α-hetero) is 1. The molecule has 0 spiro atoms. The summed E-state index contributed by atoms with van der Waals surface area (Å²) in [4.78, 5) is 18.0. The van der Waals surface area contributed by atoms with Crippen LogP contribution < -0.4 is 4.90 Å². The lowest BCUT2D eigenvalue weighted by molar-refractivity contribution is 0.101.